The zero-order chi connectivity index (χ0) is 10.4. The van der Waals surface area contributed by atoms with Gasteiger partial charge in [0.1, 0.15) is 6.04 Å². The van der Waals surface area contributed by atoms with Crippen LogP contribution in [-0.2, 0) is 9.53 Å². The molecule has 13 heavy (non-hydrogen) atoms. The topological polar surface area (TPSA) is 52.3 Å². The number of hydrogen-bond acceptors (Lipinski definition) is 4. The van der Waals surface area contributed by atoms with E-state index in [1.165, 1.54) is 0 Å². The zero-order valence-corrected chi connectivity index (χ0v) is 9.38. The summed E-state index contributed by atoms with van der Waals surface area (Å²) in [6.45, 7) is 6.05. The van der Waals surface area contributed by atoms with E-state index in [0.29, 0.717) is 11.7 Å². The van der Waals surface area contributed by atoms with E-state index in [9.17, 15) is 4.79 Å². The minimum Gasteiger partial charge on any atom is -0.461 e. The van der Waals surface area contributed by atoms with E-state index in [-0.39, 0.29) is 12.1 Å². The van der Waals surface area contributed by atoms with Crippen molar-refractivity contribution in [1.29, 1.82) is 0 Å². The summed E-state index contributed by atoms with van der Waals surface area (Å²) in [5.74, 6) is 0.492. The summed E-state index contributed by atoms with van der Waals surface area (Å²) < 4.78 is 5.10. The first-order chi connectivity index (χ1) is 5.97. The minimum atomic E-state index is -0.599. The van der Waals surface area contributed by atoms with Crippen molar-refractivity contribution in [1.82, 2.24) is 0 Å². The van der Waals surface area contributed by atoms with Crippen LogP contribution in [0.4, 0.5) is 0 Å². The first kappa shape index (κ1) is 12.8. The molecule has 0 aliphatic carbocycles. The fraction of sp³-hybridized carbons (Fsp3) is 0.889. The largest absolute Gasteiger partial charge is 0.461 e. The highest BCUT2D eigenvalue weighted by molar-refractivity contribution is 7.80. The molecule has 3 nitrogen and oxygen atoms in total. The lowest BCUT2D eigenvalue weighted by Crippen LogP contribution is -2.36. The van der Waals surface area contributed by atoms with Crippen LogP contribution in [0.3, 0.4) is 0 Å². The summed E-state index contributed by atoms with van der Waals surface area (Å²) in [5, 5.41) is 0. The molecule has 0 radical (unpaired) electrons. The first-order valence-electron chi connectivity index (χ1n) is 4.54. The van der Waals surface area contributed by atoms with Crippen molar-refractivity contribution in [2.75, 3.05) is 5.75 Å². The van der Waals surface area contributed by atoms with Crippen molar-refractivity contribution in [2.24, 2.45) is 11.7 Å². The van der Waals surface area contributed by atoms with Crippen molar-refractivity contribution in [2.45, 2.75) is 39.3 Å². The Morgan fingerprint density at radius 1 is 1.46 bits per heavy atom. The van der Waals surface area contributed by atoms with Gasteiger partial charge in [0.2, 0.25) is 0 Å². The highest BCUT2D eigenvalue weighted by atomic mass is 32.1. The second kappa shape index (κ2) is 6.27. The third kappa shape index (κ3) is 5.93. The van der Waals surface area contributed by atoms with Crippen LogP contribution in [-0.4, -0.2) is 23.9 Å². The molecule has 0 fully saturated rings. The van der Waals surface area contributed by atoms with Gasteiger partial charge in [-0.05, 0) is 19.3 Å². The maximum absolute atomic E-state index is 11.2. The quantitative estimate of drug-likeness (QED) is 0.524. The number of carbonyl (C=O) groups excluding carboxylic acids is 1. The van der Waals surface area contributed by atoms with E-state index in [4.69, 9.17) is 10.5 Å². The fourth-order valence-corrected chi connectivity index (χ4v) is 1.22. The second-order valence-electron chi connectivity index (χ2n) is 3.67. The molecule has 0 aliphatic rings. The van der Waals surface area contributed by atoms with Gasteiger partial charge in [-0.2, -0.15) is 12.6 Å². The maximum atomic E-state index is 11.2. The van der Waals surface area contributed by atoms with Gasteiger partial charge in [-0.3, -0.25) is 4.79 Å². The molecule has 4 heteroatoms. The Morgan fingerprint density at radius 3 is 2.38 bits per heavy atom. The van der Waals surface area contributed by atoms with E-state index in [1.807, 2.05) is 6.92 Å². The smallest absolute Gasteiger partial charge is 0.324 e. The second-order valence-corrected chi connectivity index (χ2v) is 4.03. The molecular weight excluding hydrogens is 186 g/mol. The van der Waals surface area contributed by atoms with Crippen LogP contribution in [0.5, 0.6) is 0 Å². The van der Waals surface area contributed by atoms with Gasteiger partial charge in [0, 0.05) is 5.75 Å². The summed E-state index contributed by atoms with van der Waals surface area (Å²) >= 11 is 3.92. The Hall–Kier alpha value is -0.220. The summed E-state index contributed by atoms with van der Waals surface area (Å²) in [4.78, 5) is 11.2. The predicted molar refractivity (Wildman–Crippen MR) is 56.8 cm³/mol. The van der Waals surface area contributed by atoms with Gasteiger partial charge in [-0.25, -0.2) is 0 Å². The molecule has 1 unspecified atom stereocenters. The van der Waals surface area contributed by atoms with Crippen LogP contribution in [0.25, 0.3) is 0 Å². The first-order valence-corrected chi connectivity index (χ1v) is 5.17. The molecule has 0 saturated heterocycles. The van der Waals surface area contributed by atoms with Gasteiger partial charge in [-0.15, -0.1) is 0 Å². The van der Waals surface area contributed by atoms with E-state index < -0.39 is 6.04 Å². The third-order valence-electron chi connectivity index (χ3n) is 1.62. The van der Waals surface area contributed by atoms with Crippen LogP contribution >= 0.6 is 12.6 Å². The number of thiol groups is 1. The summed E-state index contributed by atoms with van der Waals surface area (Å²) in [6.07, 6.45) is 0.809. The van der Waals surface area contributed by atoms with Crippen LogP contribution in [0, 0.1) is 5.92 Å². The van der Waals surface area contributed by atoms with Gasteiger partial charge in [0.05, 0.1) is 6.10 Å². The number of hydrogen-bond donors (Lipinski definition) is 2. The molecule has 0 aromatic heterocycles. The summed E-state index contributed by atoms with van der Waals surface area (Å²) in [7, 11) is 0. The van der Waals surface area contributed by atoms with E-state index in [1.54, 1.807) is 0 Å². The average molecular weight is 205 g/mol. The molecule has 0 rings (SSSR count). The van der Waals surface area contributed by atoms with Crippen LogP contribution in [0.15, 0.2) is 0 Å². The van der Waals surface area contributed by atoms with Gasteiger partial charge < -0.3 is 10.5 Å². The number of nitrogens with two attached hydrogens (primary N) is 1. The summed E-state index contributed by atoms with van der Waals surface area (Å²) in [6, 6.07) is -0.599. The fourth-order valence-electron chi connectivity index (χ4n) is 1.07. The molecule has 0 heterocycles. The number of ether oxygens (including phenoxy) is 1. The van der Waals surface area contributed by atoms with Crippen LogP contribution in [0.2, 0.25) is 0 Å². The van der Waals surface area contributed by atoms with Gasteiger partial charge in [0.15, 0.2) is 0 Å². The Labute approximate surface area is 85.4 Å². The lowest BCUT2D eigenvalue weighted by Gasteiger charge is -2.17. The highest BCUT2D eigenvalue weighted by Crippen LogP contribution is 2.08. The number of rotatable bonds is 5. The maximum Gasteiger partial charge on any atom is 0.324 e. The molecule has 0 aromatic carbocycles. The van der Waals surface area contributed by atoms with Gasteiger partial charge in [-0.1, -0.05) is 13.8 Å². The Morgan fingerprint density at radius 2 is 2.00 bits per heavy atom. The van der Waals surface area contributed by atoms with Crippen LogP contribution in [0.1, 0.15) is 27.2 Å². The number of esters is 1. The van der Waals surface area contributed by atoms with Crippen molar-refractivity contribution in [3.63, 3.8) is 0 Å². The molecule has 0 saturated carbocycles. The van der Waals surface area contributed by atoms with E-state index in [0.717, 1.165) is 6.42 Å². The zero-order valence-electron chi connectivity index (χ0n) is 8.49. The Kier molecular flexibility index (Phi) is 6.16. The van der Waals surface area contributed by atoms with Crippen molar-refractivity contribution in [3.05, 3.63) is 0 Å². The normalized spacial score (nSPS) is 15.5. The monoisotopic (exact) mass is 205 g/mol. The molecule has 78 valence electrons. The summed E-state index contributed by atoms with van der Waals surface area (Å²) in [5.41, 5.74) is 5.44. The molecule has 0 amide bonds. The standard InChI is InChI=1S/C9H19NO2S/c1-6(2)4-7(3)12-9(11)8(10)5-13/h6-8,13H,4-5,10H2,1-3H3/t7?,8-/m0/s1. The molecule has 0 spiro atoms. The Bertz CT molecular complexity index is 162. The van der Waals surface area contributed by atoms with Gasteiger partial charge >= 0.3 is 5.97 Å². The van der Waals surface area contributed by atoms with E-state index in [2.05, 4.69) is 26.5 Å². The van der Waals surface area contributed by atoms with Crippen molar-refractivity contribution >= 4 is 18.6 Å². The average Bonchev–Trinajstić information content (AvgIpc) is 2.01. The third-order valence-corrected chi connectivity index (χ3v) is 2.01. The van der Waals surface area contributed by atoms with E-state index >= 15 is 0 Å². The molecular formula is C9H19NO2S. The minimum absolute atomic E-state index is 0.0570. The number of carbonyl (C=O) groups is 1. The molecule has 2 N–H and O–H groups in total. The van der Waals surface area contributed by atoms with Crippen LogP contribution < -0.4 is 5.73 Å². The van der Waals surface area contributed by atoms with Crippen molar-refractivity contribution in [3.8, 4) is 0 Å². The predicted octanol–water partition coefficient (Wildman–Crippen LogP) is 1.22. The molecule has 0 aromatic rings. The Balaban J connectivity index is 3.77. The molecule has 0 bridgehead atoms. The SMILES string of the molecule is CC(C)CC(C)OC(=O)[C@@H](N)CS. The van der Waals surface area contributed by atoms with Gasteiger partial charge in [0.25, 0.3) is 0 Å². The lowest BCUT2D eigenvalue weighted by molar-refractivity contribution is -0.149. The lowest BCUT2D eigenvalue weighted by atomic mass is 10.1. The highest BCUT2D eigenvalue weighted by Gasteiger charge is 2.16. The molecule has 0 aliphatic heterocycles. The molecule has 2 atom stereocenters. The van der Waals surface area contributed by atoms with Crippen molar-refractivity contribution < 1.29 is 9.53 Å².